The molecular weight excluding hydrogens is 446 g/mol. The Balaban J connectivity index is 1.85. The summed E-state index contributed by atoms with van der Waals surface area (Å²) < 4.78 is 27.8. The van der Waals surface area contributed by atoms with Gasteiger partial charge in [0.15, 0.2) is 23.0 Å². The van der Waals surface area contributed by atoms with Gasteiger partial charge in [-0.3, -0.25) is 4.90 Å². The van der Waals surface area contributed by atoms with E-state index in [1.807, 2.05) is 49.5 Å². The summed E-state index contributed by atoms with van der Waals surface area (Å²) in [7, 11) is 8.42. The molecule has 0 radical (unpaired) electrons. The third kappa shape index (κ3) is 4.51. The number of ether oxygens (including phenoxy) is 5. The molecule has 0 saturated carbocycles. The van der Waals surface area contributed by atoms with Crippen LogP contribution in [0.4, 0.5) is 0 Å². The number of hydrogen-bond donors (Lipinski definition) is 1. The lowest BCUT2D eigenvalue weighted by Crippen LogP contribution is -2.35. The van der Waals surface area contributed by atoms with Crippen molar-refractivity contribution in [1.82, 2.24) is 4.90 Å². The number of nitriles is 1. The predicted molar refractivity (Wildman–Crippen MR) is 132 cm³/mol. The average Bonchev–Trinajstić information content (AvgIpc) is 2.87. The topological polar surface area (TPSA) is 99.2 Å². The minimum Gasteiger partial charge on any atom is -0.493 e. The van der Waals surface area contributed by atoms with E-state index in [1.165, 1.54) is 0 Å². The number of allylic oxidation sites excluding steroid dienone is 1. The molecular formula is C27H29N3O5. The largest absolute Gasteiger partial charge is 0.493 e. The van der Waals surface area contributed by atoms with Crippen molar-refractivity contribution in [3.05, 3.63) is 75.9 Å². The smallest absolute Gasteiger partial charge is 0.205 e. The van der Waals surface area contributed by atoms with Crippen LogP contribution in [0.2, 0.25) is 0 Å². The van der Waals surface area contributed by atoms with Crippen LogP contribution in [-0.2, 0) is 4.74 Å². The van der Waals surface area contributed by atoms with Gasteiger partial charge >= 0.3 is 0 Å². The molecule has 8 nitrogen and oxygen atoms in total. The van der Waals surface area contributed by atoms with E-state index in [2.05, 4.69) is 11.0 Å². The highest BCUT2D eigenvalue weighted by molar-refractivity contribution is 5.65. The highest BCUT2D eigenvalue weighted by Crippen LogP contribution is 2.45. The van der Waals surface area contributed by atoms with E-state index in [1.54, 1.807) is 28.4 Å². The normalized spacial score (nSPS) is 19.1. The van der Waals surface area contributed by atoms with Crippen molar-refractivity contribution in [1.29, 1.82) is 5.26 Å². The van der Waals surface area contributed by atoms with Crippen LogP contribution >= 0.6 is 0 Å². The molecule has 1 atom stereocenters. The van der Waals surface area contributed by atoms with E-state index in [-0.39, 0.29) is 11.8 Å². The third-order valence-electron chi connectivity index (χ3n) is 6.19. The Morgan fingerprint density at radius 3 is 2.20 bits per heavy atom. The first-order valence-corrected chi connectivity index (χ1v) is 11.1. The lowest BCUT2D eigenvalue weighted by atomic mass is 9.80. The molecule has 2 aromatic carbocycles. The molecule has 0 fully saturated rings. The number of nitrogens with two attached hydrogens (primary N) is 1. The van der Waals surface area contributed by atoms with Gasteiger partial charge in [0.25, 0.3) is 0 Å². The van der Waals surface area contributed by atoms with Crippen molar-refractivity contribution in [2.75, 3.05) is 48.6 Å². The molecule has 0 aromatic heterocycles. The summed E-state index contributed by atoms with van der Waals surface area (Å²) in [5.74, 6) is 2.91. The first kappa shape index (κ1) is 24.0. The maximum atomic E-state index is 9.98. The van der Waals surface area contributed by atoms with Gasteiger partial charge in [-0.25, -0.2) is 0 Å². The first-order chi connectivity index (χ1) is 16.9. The summed E-state index contributed by atoms with van der Waals surface area (Å²) in [6, 6.07) is 13.6. The van der Waals surface area contributed by atoms with E-state index in [4.69, 9.17) is 29.4 Å². The molecule has 8 heteroatoms. The fourth-order valence-corrected chi connectivity index (χ4v) is 4.60. The molecule has 2 heterocycles. The van der Waals surface area contributed by atoms with Crippen LogP contribution in [0.5, 0.6) is 23.0 Å². The van der Waals surface area contributed by atoms with E-state index in [0.717, 1.165) is 22.3 Å². The lowest BCUT2D eigenvalue weighted by molar-refractivity contribution is 0.251. The van der Waals surface area contributed by atoms with Crippen LogP contribution in [0.1, 0.15) is 17.0 Å². The highest BCUT2D eigenvalue weighted by atomic mass is 16.5. The molecule has 2 aromatic rings. The highest BCUT2D eigenvalue weighted by Gasteiger charge is 2.37. The number of hydrogen-bond acceptors (Lipinski definition) is 8. The molecule has 182 valence electrons. The van der Waals surface area contributed by atoms with E-state index in [0.29, 0.717) is 47.4 Å². The Hall–Kier alpha value is -4.09. The molecule has 4 rings (SSSR count). The van der Waals surface area contributed by atoms with Gasteiger partial charge in [0.2, 0.25) is 5.88 Å². The fourth-order valence-electron chi connectivity index (χ4n) is 4.60. The third-order valence-corrected chi connectivity index (χ3v) is 6.19. The van der Waals surface area contributed by atoms with Crippen LogP contribution in [0.25, 0.3) is 6.08 Å². The second-order valence-corrected chi connectivity index (χ2v) is 8.35. The number of methoxy groups -OCH3 is 4. The van der Waals surface area contributed by atoms with Gasteiger partial charge in [-0.2, -0.15) is 5.26 Å². The number of benzene rings is 2. The SMILES string of the molecule is COc1ccc(/C=C2\CN(C)CC3=C2OC(N)=C(C#N)[C@H]3c2ccc(OC)c(OC)c2)cc1OC. The van der Waals surface area contributed by atoms with Crippen LogP contribution in [0, 0.1) is 11.3 Å². The molecule has 0 aliphatic carbocycles. The van der Waals surface area contributed by atoms with Crippen molar-refractivity contribution in [2.45, 2.75) is 5.92 Å². The average molecular weight is 476 g/mol. The second-order valence-electron chi connectivity index (χ2n) is 8.35. The first-order valence-electron chi connectivity index (χ1n) is 11.1. The van der Waals surface area contributed by atoms with Gasteiger partial charge in [-0.15, -0.1) is 0 Å². The van der Waals surface area contributed by atoms with Gasteiger partial charge in [-0.1, -0.05) is 12.1 Å². The molecule has 0 unspecified atom stereocenters. The van der Waals surface area contributed by atoms with Crippen LogP contribution in [0.15, 0.2) is 64.8 Å². The van der Waals surface area contributed by atoms with Gasteiger partial charge in [0.1, 0.15) is 17.4 Å². The van der Waals surface area contributed by atoms with Crippen molar-refractivity contribution in [3.8, 4) is 29.1 Å². The summed E-state index contributed by atoms with van der Waals surface area (Å²) in [5.41, 5.74) is 10.4. The predicted octanol–water partition coefficient (Wildman–Crippen LogP) is 3.81. The Morgan fingerprint density at radius 1 is 0.943 bits per heavy atom. The number of nitrogens with zero attached hydrogens (tertiary/aromatic N) is 2. The molecule has 0 bridgehead atoms. The van der Waals surface area contributed by atoms with E-state index in [9.17, 15) is 5.26 Å². The summed E-state index contributed by atoms with van der Waals surface area (Å²) in [6.45, 7) is 1.27. The van der Waals surface area contributed by atoms with Crippen LogP contribution in [-0.4, -0.2) is 53.5 Å². The Morgan fingerprint density at radius 2 is 1.57 bits per heavy atom. The molecule has 35 heavy (non-hydrogen) atoms. The molecule has 0 amide bonds. The molecule has 0 saturated heterocycles. The van der Waals surface area contributed by atoms with Crippen LogP contribution < -0.4 is 24.7 Å². The summed E-state index contributed by atoms with van der Waals surface area (Å²) in [4.78, 5) is 2.18. The summed E-state index contributed by atoms with van der Waals surface area (Å²) in [5, 5.41) is 9.98. The quantitative estimate of drug-likeness (QED) is 0.673. The summed E-state index contributed by atoms with van der Waals surface area (Å²) >= 11 is 0. The Bertz CT molecular complexity index is 1270. The standard InChI is InChI=1S/C27H29N3O5/c1-30-14-18(10-16-6-8-21(31-2)23(11-16)33-4)26-20(15-30)25(19(13-28)27(29)35-26)17-7-9-22(32-3)24(12-17)34-5/h6-12,25H,14-15,29H2,1-5H3/b18-10+/t25-/m1/s1. The minimum absolute atomic E-state index is 0.105. The minimum atomic E-state index is -0.375. The van der Waals surface area contributed by atoms with Crippen molar-refractivity contribution < 1.29 is 23.7 Å². The van der Waals surface area contributed by atoms with E-state index >= 15 is 0 Å². The van der Waals surface area contributed by atoms with E-state index < -0.39 is 0 Å². The van der Waals surface area contributed by atoms with Crippen LogP contribution in [0.3, 0.4) is 0 Å². The number of rotatable bonds is 6. The Kier molecular flexibility index (Phi) is 6.90. The monoisotopic (exact) mass is 475 g/mol. The molecule has 2 N–H and O–H groups in total. The van der Waals surface area contributed by atoms with Crippen molar-refractivity contribution in [2.24, 2.45) is 5.73 Å². The summed E-state index contributed by atoms with van der Waals surface area (Å²) in [6.07, 6.45) is 2.04. The second kappa shape index (κ2) is 10.0. The zero-order chi connectivity index (χ0) is 25.1. The van der Waals surface area contributed by atoms with Gasteiger partial charge < -0.3 is 29.4 Å². The zero-order valence-corrected chi connectivity index (χ0v) is 20.5. The van der Waals surface area contributed by atoms with Gasteiger partial charge in [0, 0.05) is 18.7 Å². The van der Waals surface area contributed by atoms with Crippen molar-refractivity contribution >= 4 is 6.08 Å². The zero-order valence-electron chi connectivity index (χ0n) is 20.5. The molecule has 0 spiro atoms. The van der Waals surface area contributed by atoms with Crippen molar-refractivity contribution in [3.63, 3.8) is 0 Å². The number of likely N-dealkylation sites (N-methyl/N-ethyl adjacent to an activating group) is 1. The maximum absolute atomic E-state index is 9.98. The fraction of sp³-hybridized carbons (Fsp3) is 0.296. The molecule has 2 aliphatic rings. The maximum Gasteiger partial charge on any atom is 0.205 e. The molecule has 2 aliphatic heterocycles. The van der Waals surface area contributed by atoms with Gasteiger partial charge in [-0.05, 0) is 54.1 Å². The lowest BCUT2D eigenvalue weighted by Gasteiger charge is -2.37. The Labute approximate surface area is 205 Å². The van der Waals surface area contributed by atoms with Gasteiger partial charge in [0.05, 0.1) is 34.4 Å².